The monoisotopic (exact) mass is 257 g/mol. The summed E-state index contributed by atoms with van der Waals surface area (Å²) in [5.74, 6) is 1.19. The van der Waals surface area contributed by atoms with E-state index in [2.05, 4.69) is 50.1 Å². The smallest absolute Gasteiger partial charge is 0.129 e. The third-order valence-corrected chi connectivity index (χ3v) is 3.65. The van der Waals surface area contributed by atoms with Crippen LogP contribution in [0.4, 0.5) is 5.82 Å². The Balaban J connectivity index is 2.51. The van der Waals surface area contributed by atoms with Crippen molar-refractivity contribution < 1.29 is 0 Å². The van der Waals surface area contributed by atoms with Gasteiger partial charge in [-0.1, -0.05) is 50.1 Å². The zero-order valence-corrected chi connectivity index (χ0v) is 12.3. The number of hydrogen-bond acceptors (Lipinski definition) is 2. The lowest BCUT2D eigenvalue weighted by molar-refractivity contribution is 0.627. The average molecular weight is 257 g/mol. The molecule has 3 nitrogen and oxygen atoms in total. The number of anilines is 1. The third kappa shape index (κ3) is 2.65. The number of nitrogens with zero attached hydrogens (tertiary/aromatic N) is 2. The molecule has 19 heavy (non-hydrogen) atoms. The summed E-state index contributed by atoms with van der Waals surface area (Å²) in [7, 11) is 1.91. The first-order valence-corrected chi connectivity index (χ1v) is 6.94. The second-order valence-electron chi connectivity index (χ2n) is 5.32. The molecule has 3 heteroatoms. The zero-order chi connectivity index (χ0) is 14.0. The minimum Gasteiger partial charge on any atom is -0.383 e. The van der Waals surface area contributed by atoms with Crippen LogP contribution in [0.15, 0.2) is 24.3 Å². The lowest BCUT2D eigenvalue weighted by Gasteiger charge is -2.10. The van der Waals surface area contributed by atoms with Crippen LogP contribution in [0.3, 0.4) is 0 Å². The van der Waals surface area contributed by atoms with Gasteiger partial charge in [-0.2, -0.15) is 5.10 Å². The van der Waals surface area contributed by atoms with Crippen LogP contribution in [-0.4, -0.2) is 9.78 Å². The van der Waals surface area contributed by atoms with Gasteiger partial charge in [-0.15, -0.1) is 0 Å². The van der Waals surface area contributed by atoms with E-state index in [1.807, 2.05) is 7.05 Å². The summed E-state index contributed by atoms with van der Waals surface area (Å²) in [6.07, 6.45) is 2.29. The van der Waals surface area contributed by atoms with Gasteiger partial charge in [-0.05, 0) is 18.9 Å². The summed E-state index contributed by atoms with van der Waals surface area (Å²) >= 11 is 0. The molecule has 2 N–H and O–H groups in total. The maximum Gasteiger partial charge on any atom is 0.129 e. The van der Waals surface area contributed by atoms with Crippen molar-refractivity contribution in [2.45, 2.75) is 39.5 Å². The number of nitrogen functional groups attached to an aromatic ring is 1. The van der Waals surface area contributed by atoms with E-state index >= 15 is 0 Å². The van der Waals surface area contributed by atoms with Gasteiger partial charge < -0.3 is 5.73 Å². The van der Waals surface area contributed by atoms with E-state index in [0.29, 0.717) is 5.92 Å². The van der Waals surface area contributed by atoms with Crippen LogP contribution in [0.2, 0.25) is 0 Å². The number of hydrogen-bond donors (Lipinski definition) is 1. The highest BCUT2D eigenvalue weighted by atomic mass is 15.3. The van der Waals surface area contributed by atoms with E-state index in [9.17, 15) is 0 Å². The van der Waals surface area contributed by atoms with Crippen LogP contribution >= 0.6 is 0 Å². The second-order valence-corrected chi connectivity index (χ2v) is 5.32. The van der Waals surface area contributed by atoms with E-state index in [1.54, 1.807) is 4.68 Å². The molecule has 1 aromatic heterocycles. The average Bonchev–Trinajstić information content (AvgIpc) is 2.68. The van der Waals surface area contributed by atoms with E-state index in [4.69, 9.17) is 5.73 Å². The molecule has 102 valence electrons. The predicted octanol–water partition coefficient (Wildman–Crippen LogP) is 3.88. The molecule has 1 heterocycles. The Labute approximate surface area is 115 Å². The molecular formula is C16H23N3. The minimum absolute atomic E-state index is 0.435. The molecule has 0 fully saturated rings. The highest BCUT2D eigenvalue weighted by Crippen LogP contribution is 2.35. The lowest BCUT2D eigenvalue weighted by atomic mass is 9.94. The van der Waals surface area contributed by atoms with Crippen molar-refractivity contribution in [3.05, 3.63) is 35.5 Å². The molecule has 2 rings (SSSR count). The van der Waals surface area contributed by atoms with Gasteiger partial charge in [0.05, 0.1) is 5.69 Å². The van der Waals surface area contributed by atoms with Gasteiger partial charge >= 0.3 is 0 Å². The number of nitrogens with two attached hydrogens (primary N) is 1. The zero-order valence-electron chi connectivity index (χ0n) is 12.3. The summed E-state index contributed by atoms with van der Waals surface area (Å²) in [5.41, 5.74) is 10.8. The molecule has 0 aliphatic heterocycles. The van der Waals surface area contributed by atoms with Crippen molar-refractivity contribution >= 4 is 5.82 Å². The predicted molar refractivity (Wildman–Crippen MR) is 81.1 cm³/mol. The number of aromatic nitrogens is 2. The first kappa shape index (κ1) is 13.7. The van der Waals surface area contributed by atoms with Gasteiger partial charge in [0.15, 0.2) is 0 Å². The van der Waals surface area contributed by atoms with Crippen LogP contribution in [0.5, 0.6) is 0 Å². The van der Waals surface area contributed by atoms with Crippen molar-refractivity contribution in [3.8, 4) is 11.1 Å². The van der Waals surface area contributed by atoms with Gasteiger partial charge in [0, 0.05) is 18.5 Å². The van der Waals surface area contributed by atoms with Crippen LogP contribution in [0.1, 0.15) is 43.9 Å². The van der Waals surface area contributed by atoms with Crippen molar-refractivity contribution in [2.75, 3.05) is 5.73 Å². The first-order valence-electron chi connectivity index (χ1n) is 6.94. The SMILES string of the molecule is CCCC(C)c1nn(C)c(N)c1-c1ccc(C)cc1. The summed E-state index contributed by atoms with van der Waals surface area (Å²) in [4.78, 5) is 0. The lowest BCUT2D eigenvalue weighted by Crippen LogP contribution is -1.98. The summed E-state index contributed by atoms with van der Waals surface area (Å²) < 4.78 is 1.79. The van der Waals surface area contributed by atoms with Crippen molar-refractivity contribution in [3.63, 3.8) is 0 Å². The van der Waals surface area contributed by atoms with Crippen molar-refractivity contribution in [2.24, 2.45) is 7.05 Å². The summed E-state index contributed by atoms with van der Waals surface area (Å²) in [6, 6.07) is 8.50. The Bertz CT molecular complexity index is 552. The summed E-state index contributed by atoms with van der Waals surface area (Å²) in [5, 5.41) is 4.62. The van der Waals surface area contributed by atoms with Crippen LogP contribution in [0, 0.1) is 6.92 Å². The molecule has 0 radical (unpaired) electrons. The van der Waals surface area contributed by atoms with E-state index in [0.717, 1.165) is 35.5 Å². The molecule has 0 aliphatic rings. The minimum atomic E-state index is 0.435. The van der Waals surface area contributed by atoms with Crippen molar-refractivity contribution in [1.29, 1.82) is 0 Å². The topological polar surface area (TPSA) is 43.8 Å². The fraction of sp³-hybridized carbons (Fsp3) is 0.438. The Morgan fingerprint density at radius 2 is 1.89 bits per heavy atom. The van der Waals surface area contributed by atoms with Crippen LogP contribution in [-0.2, 0) is 7.05 Å². The third-order valence-electron chi connectivity index (χ3n) is 3.65. The molecule has 1 atom stereocenters. The molecule has 1 aromatic carbocycles. The fourth-order valence-electron chi connectivity index (χ4n) is 2.49. The van der Waals surface area contributed by atoms with Crippen molar-refractivity contribution in [1.82, 2.24) is 9.78 Å². The molecular weight excluding hydrogens is 234 g/mol. The van der Waals surface area contributed by atoms with Gasteiger partial charge in [0.1, 0.15) is 5.82 Å². The van der Waals surface area contributed by atoms with Gasteiger partial charge in [0.2, 0.25) is 0 Å². The molecule has 2 aromatic rings. The second kappa shape index (κ2) is 5.47. The van der Waals surface area contributed by atoms with E-state index in [1.165, 1.54) is 5.56 Å². The molecule has 0 saturated carbocycles. The fourth-order valence-corrected chi connectivity index (χ4v) is 2.49. The van der Waals surface area contributed by atoms with Crippen LogP contribution < -0.4 is 5.73 Å². The first-order chi connectivity index (χ1) is 9.04. The highest BCUT2D eigenvalue weighted by molar-refractivity contribution is 5.77. The largest absolute Gasteiger partial charge is 0.383 e. The van der Waals surface area contributed by atoms with E-state index < -0.39 is 0 Å². The molecule has 0 aliphatic carbocycles. The number of benzene rings is 1. The normalized spacial score (nSPS) is 12.6. The quantitative estimate of drug-likeness (QED) is 0.903. The number of rotatable bonds is 4. The van der Waals surface area contributed by atoms with E-state index in [-0.39, 0.29) is 0 Å². The molecule has 1 unspecified atom stereocenters. The standard InChI is InChI=1S/C16H23N3/c1-5-6-12(3)15-14(16(17)19(4)18-15)13-9-7-11(2)8-10-13/h7-10,12H,5-6,17H2,1-4H3. The Morgan fingerprint density at radius 1 is 1.26 bits per heavy atom. The Kier molecular flexibility index (Phi) is 3.93. The van der Waals surface area contributed by atoms with Gasteiger partial charge in [-0.3, -0.25) is 4.68 Å². The molecule has 0 bridgehead atoms. The maximum absolute atomic E-state index is 6.21. The molecule has 0 spiro atoms. The molecule has 0 saturated heterocycles. The summed E-state index contributed by atoms with van der Waals surface area (Å²) in [6.45, 7) is 6.52. The van der Waals surface area contributed by atoms with Gasteiger partial charge in [0.25, 0.3) is 0 Å². The van der Waals surface area contributed by atoms with Gasteiger partial charge in [-0.25, -0.2) is 0 Å². The highest BCUT2D eigenvalue weighted by Gasteiger charge is 2.19. The maximum atomic E-state index is 6.21. The Morgan fingerprint density at radius 3 is 2.47 bits per heavy atom. The molecule has 0 amide bonds. The van der Waals surface area contributed by atoms with Crippen LogP contribution in [0.25, 0.3) is 11.1 Å². The number of aryl methyl sites for hydroxylation is 2. The Hall–Kier alpha value is -1.77.